The third kappa shape index (κ3) is 4.92. The SMILES string of the molecule is CN1[C@@H](CCC(=O)N2CCc3ccccc32)CNC(=O)[C@@H]2[C@H]1CCN2Cc1ccc(S(C)(=O)=O)cc1. The number of amides is 2. The lowest BCUT2D eigenvalue weighted by Crippen LogP contribution is -2.49. The minimum atomic E-state index is -3.24. The summed E-state index contributed by atoms with van der Waals surface area (Å²) in [5, 5.41) is 3.12. The topological polar surface area (TPSA) is 90.0 Å². The highest BCUT2D eigenvalue weighted by atomic mass is 32.2. The zero-order valence-electron chi connectivity index (χ0n) is 20.9. The van der Waals surface area contributed by atoms with Crippen LogP contribution < -0.4 is 10.2 Å². The normalized spacial score (nSPS) is 24.8. The number of nitrogens with zero attached hydrogens (tertiary/aromatic N) is 3. The Balaban J connectivity index is 1.22. The summed E-state index contributed by atoms with van der Waals surface area (Å²) in [6, 6.07) is 14.9. The minimum absolute atomic E-state index is 0.0272. The molecule has 0 aliphatic carbocycles. The third-order valence-electron chi connectivity index (χ3n) is 7.97. The van der Waals surface area contributed by atoms with Gasteiger partial charge in [-0.15, -0.1) is 0 Å². The van der Waals surface area contributed by atoms with Crippen LogP contribution >= 0.6 is 0 Å². The highest BCUT2D eigenvalue weighted by Crippen LogP contribution is 2.31. The number of para-hydroxylation sites is 1. The molecule has 0 spiro atoms. The van der Waals surface area contributed by atoms with E-state index in [1.807, 2.05) is 35.2 Å². The van der Waals surface area contributed by atoms with E-state index in [-0.39, 0.29) is 29.9 Å². The summed E-state index contributed by atoms with van der Waals surface area (Å²) in [5.74, 6) is 0.172. The predicted molar refractivity (Wildman–Crippen MR) is 138 cm³/mol. The number of hydrogen-bond acceptors (Lipinski definition) is 6. The Hall–Kier alpha value is -2.75. The number of nitrogens with one attached hydrogen (secondary N) is 1. The third-order valence-corrected chi connectivity index (χ3v) is 9.09. The van der Waals surface area contributed by atoms with Crippen LogP contribution in [-0.2, 0) is 32.4 Å². The van der Waals surface area contributed by atoms with E-state index < -0.39 is 9.84 Å². The van der Waals surface area contributed by atoms with E-state index in [1.54, 1.807) is 12.1 Å². The van der Waals surface area contributed by atoms with Crippen molar-refractivity contribution in [3.05, 3.63) is 59.7 Å². The highest BCUT2D eigenvalue weighted by molar-refractivity contribution is 7.90. The fraction of sp³-hybridized carbons (Fsp3) is 0.481. The number of carbonyl (C=O) groups is 2. The van der Waals surface area contributed by atoms with Crippen LogP contribution in [0, 0.1) is 0 Å². The van der Waals surface area contributed by atoms with Gasteiger partial charge in [-0.2, -0.15) is 0 Å². The van der Waals surface area contributed by atoms with E-state index in [2.05, 4.69) is 28.2 Å². The zero-order chi connectivity index (χ0) is 25.4. The number of fused-ring (bicyclic) bond motifs is 2. The van der Waals surface area contributed by atoms with Crippen molar-refractivity contribution in [3.63, 3.8) is 0 Å². The average Bonchev–Trinajstić information content (AvgIpc) is 3.45. The Kier molecular flexibility index (Phi) is 6.89. The van der Waals surface area contributed by atoms with Gasteiger partial charge in [0.2, 0.25) is 11.8 Å². The van der Waals surface area contributed by atoms with Crippen LogP contribution in [0.2, 0.25) is 0 Å². The maximum atomic E-state index is 13.1. The number of anilines is 1. The number of benzene rings is 2. The van der Waals surface area contributed by atoms with Crippen LogP contribution in [0.4, 0.5) is 5.69 Å². The molecule has 192 valence electrons. The summed E-state index contributed by atoms with van der Waals surface area (Å²) in [4.78, 5) is 32.8. The Morgan fingerprint density at radius 1 is 1.08 bits per heavy atom. The summed E-state index contributed by atoms with van der Waals surface area (Å²) in [6.45, 7) is 2.64. The number of hydrogen-bond donors (Lipinski definition) is 1. The molecule has 2 amide bonds. The van der Waals surface area contributed by atoms with Crippen molar-refractivity contribution in [1.29, 1.82) is 0 Å². The lowest BCUT2D eigenvalue weighted by Gasteiger charge is -2.33. The molecule has 0 radical (unpaired) electrons. The zero-order valence-corrected chi connectivity index (χ0v) is 21.7. The van der Waals surface area contributed by atoms with Crippen molar-refractivity contribution in [3.8, 4) is 0 Å². The number of likely N-dealkylation sites (N-methyl/N-ethyl adjacent to an activating group) is 1. The molecule has 9 heteroatoms. The van der Waals surface area contributed by atoms with Crippen LogP contribution in [0.25, 0.3) is 0 Å². The number of likely N-dealkylation sites (tertiary alicyclic amines) is 1. The smallest absolute Gasteiger partial charge is 0.239 e. The molecular weight excluding hydrogens is 476 g/mol. The van der Waals surface area contributed by atoms with Gasteiger partial charge in [-0.05, 0) is 55.6 Å². The van der Waals surface area contributed by atoms with Crippen LogP contribution in [0.3, 0.4) is 0 Å². The van der Waals surface area contributed by atoms with Crippen molar-refractivity contribution in [2.24, 2.45) is 0 Å². The minimum Gasteiger partial charge on any atom is -0.353 e. The van der Waals surface area contributed by atoms with Gasteiger partial charge in [0.05, 0.1) is 4.90 Å². The van der Waals surface area contributed by atoms with Crippen molar-refractivity contribution in [1.82, 2.24) is 15.1 Å². The fourth-order valence-electron chi connectivity index (χ4n) is 5.93. The van der Waals surface area contributed by atoms with Gasteiger partial charge in [0.25, 0.3) is 0 Å². The quantitative estimate of drug-likeness (QED) is 0.638. The van der Waals surface area contributed by atoms with Gasteiger partial charge in [0.15, 0.2) is 9.84 Å². The van der Waals surface area contributed by atoms with Gasteiger partial charge in [0.1, 0.15) is 6.04 Å². The number of carbonyl (C=O) groups excluding carboxylic acids is 2. The lowest BCUT2D eigenvalue weighted by molar-refractivity contribution is -0.126. The second-order valence-corrected chi connectivity index (χ2v) is 12.2. The second kappa shape index (κ2) is 9.95. The van der Waals surface area contributed by atoms with Crippen molar-refractivity contribution in [2.45, 2.75) is 55.2 Å². The van der Waals surface area contributed by atoms with Crippen LogP contribution in [0.5, 0.6) is 0 Å². The first-order valence-electron chi connectivity index (χ1n) is 12.6. The van der Waals surface area contributed by atoms with Crippen molar-refractivity contribution >= 4 is 27.3 Å². The Bertz CT molecular complexity index is 1250. The Labute approximate surface area is 213 Å². The summed E-state index contributed by atoms with van der Waals surface area (Å²) in [7, 11) is -1.16. The molecule has 3 heterocycles. The molecule has 8 nitrogen and oxygen atoms in total. The van der Waals surface area contributed by atoms with Gasteiger partial charge in [-0.1, -0.05) is 30.3 Å². The van der Waals surface area contributed by atoms with E-state index in [9.17, 15) is 18.0 Å². The molecule has 36 heavy (non-hydrogen) atoms. The molecule has 0 aromatic heterocycles. The van der Waals surface area contributed by atoms with E-state index >= 15 is 0 Å². The molecule has 0 saturated carbocycles. The molecule has 0 unspecified atom stereocenters. The number of rotatable bonds is 6. The van der Waals surface area contributed by atoms with Gasteiger partial charge in [-0.3, -0.25) is 19.4 Å². The summed E-state index contributed by atoms with van der Waals surface area (Å²) < 4.78 is 23.5. The van der Waals surface area contributed by atoms with Crippen LogP contribution in [0.1, 0.15) is 30.4 Å². The van der Waals surface area contributed by atoms with E-state index in [0.717, 1.165) is 37.2 Å². The van der Waals surface area contributed by atoms with Gasteiger partial charge in [0, 0.05) is 56.6 Å². The maximum absolute atomic E-state index is 13.1. The predicted octanol–water partition coefficient (Wildman–Crippen LogP) is 1.83. The molecule has 2 aromatic carbocycles. The van der Waals surface area contributed by atoms with Crippen molar-refractivity contribution in [2.75, 3.05) is 37.8 Å². The Morgan fingerprint density at radius 2 is 1.83 bits per heavy atom. The van der Waals surface area contributed by atoms with Crippen LogP contribution in [-0.4, -0.2) is 81.1 Å². The highest BCUT2D eigenvalue weighted by Gasteiger charge is 2.45. The molecule has 5 rings (SSSR count). The van der Waals surface area contributed by atoms with E-state index in [1.165, 1.54) is 11.8 Å². The number of sulfone groups is 1. The molecule has 3 aliphatic rings. The molecule has 2 aromatic rings. The fourth-order valence-corrected chi connectivity index (χ4v) is 6.56. The Morgan fingerprint density at radius 3 is 2.58 bits per heavy atom. The summed E-state index contributed by atoms with van der Waals surface area (Å²) in [5.41, 5.74) is 3.24. The molecule has 3 aliphatic heterocycles. The molecule has 2 saturated heterocycles. The first-order chi connectivity index (χ1) is 17.2. The average molecular weight is 511 g/mol. The molecule has 1 N–H and O–H groups in total. The molecule has 3 atom stereocenters. The van der Waals surface area contributed by atoms with E-state index in [0.29, 0.717) is 30.8 Å². The first kappa shape index (κ1) is 24.9. The second-order valence-electron chi connectivity index (χ2n) is 10.2. The summed E-state index contributed by atoms with van der Waals surface area (Å²) in [6.07, 6.45) is 4.13. The monoisotopic (exact) mass is 510 g/mol. The lowest BCUT2D eigenvalue weighted by atomic mass is 10.0. The van der Waals surface area contributed by atoms with Crippen LogP contribution in [0.15, 0.2) is 53.4 Å². The maximum Gasteiger partial charge on any atom is 0.239 e. The summed E-state index contributed by atoms with van der Waals surface area (Å²) >= 11 is 0. The van der Waals surface area contributed by atoms with Crippen molar-refractivity contribution < 1.29 is 18.0 Å². The largest absolute Gasteiger partial charge is 0.353 e. The van der Waals surface area contributed by atoms with Gasteiger partial charge in [-0.25, -0.2) is 8.42 Å². The van der Waals surface area contributed by atoms with E-state index in [4.69, 9.17) is 0 Å². The molecular formula is C27H34N4O4S. The first-order valence-corrected chi connectivity index (χ1v) is 14.5. The standard InChI is InChI=1S/C27H34N4O4S/c1-29-21(9-12-25(32)31-16-13-20-5-3-4-6-23(20)31)17-28-27(33)26-24(29)14-15-30(26)18-19-7-10-22(11-8-19)36(2,34)35/h3-8,10-11,21,24,26H,9,12-18H2,1-2H3,(H,28,33)/t21-,24+,26-/m0/s1. The molecule has 0 bridgehead atoms. The molecule has 2 fully saturated rings. The van der Waals surface area contributed by atoms with Gasteiger partial charge < -0.3 is 10.2 Å². The van der Waals surface area contributed by atoms with Gasteiger partial charge >= 0.3 is 0 Å².